The Hall–Kier alpha value is -1.46. The van der Waals surface area contributed by atoms with Crippen LogP contribution >= 0.6 is 0 Å². The highest BCUT2D eigenvalue weighted by atomic mass is 19.3. The van der Waals surface area contributed by atoms with E-state index in [9.17, 15) is 13.6 Å². The first kappa shape index (κ1) is 12.6. The summed E-state index contributed by atoms with van der Waals surface area (Å²) in [6.45, 7) is 3.15. The Kier molecular flexibility index (Phi) is 3.62. The molecule has 4 nitrogen and oxygen atoms in total. The van der Waals surface area contributed by atoms with Crippen molar-refractivity contribution in [1.82, 2.24) is 14.7 Å². The Morgan fingerprint density at radius 2 is 2.25 bits per heavy atom. The number of hydrogen-bond donors (Lipinski definition) is 0. The summed E-state index contributed by atoms with van der Waals surface area (Å²) < 4.78 is 28.8. The molecule has 0 spiro atoms. The Bertz CT molecular complexity index is 376. The Morgan fingerprint density at radius 1 is 1.62 bits per heavy atom. The fourth-order valence-electron chi connectivity index (χ4n) is 1.51. The van der Waals surface area contributed by atoms with Gasteiger partial charge in [0.2, 0.25) is 6.41 Å². The lowest BCUT2D eigenvalue weighted by Crippen LogP contribution is -2.33. The van der Waals surface area contributed by atoms with Crippen LogP contribution in [0.25, 0.3) is 0 Å². The second kappa shape index (κ2) is 4.59. The van der Waals surface area contributed by atoms with Gasteiger partial charge in [-0.05, 0) is 19.9 Å². The van der Waals surface area contributed by atoms with Gasteiger partial charge in [0.1, 0.15) is 5.69 Å². The highest BCUT2D eigenvalue weighted by Crippen LogP contribution is 2.29. The number of nitrogens with zero attached hydrogens (tertiary/aromatic N) is 3. The van der Waals surface area contributed by atoms with Crippen molar-refractivity contribution in [2.75, 3.05) is 13.6 Å². The molecule has 0 fully saturated rings. The van der Waals surface area contributed by atoms with Gasteiger partial charge in [-0.1, -0.05) is 0 Å². The zero-order valence-corrected chi connectivity index (χ0v) is 9.57. The van der Waals surface area contributed by atoms with Crippen molar-refractivity contribution < 1.29 is 13.6 Å². The molecule has 6 heteroatoms. The van der Waals surface area contributed by atoms with Crippen LogP contribution in [-0.2, 0) is 17.3 Å². The van der Waals surface area contributed by atoms with Crippen LogP contribution in [0.5, 0.6) is 0 Å². The number of amides is 1. The standard InChI is InChI=1S/C10H15F2N3O/c1-4-15-9(5-8(2)13-15)10(11,12)6-14(3)7-16/h5,7H,4,6H2,1-3H3. The van der Waals surface area contributed by atoms with E-state index in [0.29, 0.717) is 18.6 Å². The minimum absolute atomic E-state index is 0.152. The second-order valence-electron chi connectivity index (χ2n) is 3.71. The number of alkyl halides is 2. The predicted octanol–water partition coefficient (Wildman–Crippen LogP) is 1.39. The molecule has 1 aromatic rings. The largest absolute Gasteiger partial charge is 0.342 e. The fraction of sp³-hybridized carbons (Fsp3) is 0.600. The molecule has 0 aromatic carbocycles. The average molecular weight is 231 g/mol. The minimum atomic E-state index is -3.08. The monoisotopic (exact) mass is 231 g/mol. The smallest absolute Gasteiger partial charge is 0.306 e. The van der Waals surface area contributed by atoms with Gasteiger partial charge in [-0.3, -0.25) is 9.48 Å². The van der Waals surface area contributed by atoms with Crippen LogP contribution in [0.15, 0.2) is 6.07 Å². The summed E-state index contributed by atoms with van der Waals surface area (Å²) in [5.74, 6) is -3.08. The van der Waals surface area contributed by atoms with Crippen molar-refractivity contribution in [1.29, 1.82) is 0 Å². The van der Waals surface area contributed by atoms with E-state index in [1.165, 1.54) is 17.8 Å². The highest BCUT2D eigenvalue weighted by molar-refractivity contribution is 5.46. The van der Waals surface area contributed by atoms with Crippen LogP contribution in [-0.4, -0.2) is 34.7 Å². The molecule has 1 aromatic heterocycles. The lowest BCUT2D eigenvalue weighted by molar-refractivity contribution is -0.122. The fourth-order valence-corrected chi connectivity index (χ4v) is 1.51. The minimum Gasteiger partial charge on any atom is -0.342 e. The third-order valence-corrected chi connectivity index (χ3v) is 2.20. The molecule has 0 aliphatic rings. The molecule has 0 saturated carbocycles. The Balaban J connectivity index is 3.00. The van der Waals surface area contributed by atoms with Crippen LogP contribution in [0.3, 0.4) is 0 Å². The summed E-state index contributed by atoms with van der Waals surface area (Å²) in [7, 11) is 1.32. The van der Waals surface area contributed by atoms with E-state index in [0.717, 1.165) is 4.90 Å². The van der Waals surface area contributed by atoms with Crippen molar-refractivity contribution in [3.05, 3.63) is 17.5 Å². The number of carbonyl (C=O) groups excluding carboxylic acids is 1. The van der Waals surface area contributed by atoms with Crippen LogP contribution in [0.4, 0.5) is 8.78 Å². The number of rotatable bonds is 5. The van der Waals surface area contributed by atoms with E-state index in [4.69, 9.17) is 0 Å². The van der Waals surface area contributed by atoms with Gasteiger partial charge in [-0.15, -0.1) is 0 Å². The second-order valence-corrected chi connectivity index (χ2v) is 3.71. The molecule has 1 heterocycles. The first-order valence-electron chi connectivity index (χ1n) is 4.99. The van der Waals surface area contributed by atoms with E-state index in [2.05, 4.69) is 5.10 Å². The molecule has 0 atom stereocenters. The number of hydrogen-bond acceptors (Lipinski definition) is 2. The van der Waals surface area contributed by atoms with Gasteiger partial charge in [0, 0.05) is 13.6 Å². The first-order chi connectivity index (χ1) is 7.40. The normalized spacial score (nSPS) is 11.6. The maximum Gasteiger partial charge on any atom is 0.306 e. The zero-order valence-electron chi connectivity index (χ0n) is 9.57. The van der Waals surface area contributed by atoms with E-state index >= 15 is 0 Å². The van der Waals surface area contributed by atoms with Gasteiger partial charge in [-0.2, -0.15) is 13.9 Å². The predicted molar refractivity (Wildman–Crippen MR) is 55.2 cm³/mol. The summed E-state index contributed by atoms with van der Waals surface area (Å²) in [6.07, 6.45) is 0.382. The van der Waals surface area contributed by atoms with Crippen LogP contribution in [0.2, 0.25) is 0 Å². The molecule has 90 valence electrons. The molecule has 0 bridgehead atoms. The molecule has 0 N–H and O–H groups in total. The van der Waals surface area contributed by atoms with Gasteiger partial charge in [-0.25, -0.2) is 0 Å². The topological polar surface area (TPSA) is 38.1 Å². The highest BCUT2D eigenvalue weighted by Gasteiger charge is 2.36. The average Bonchev–Trinajstić information content (AvgIpc) is 2.59. The maximum atomic E-state index is 13.8. The molecule has 0 aliphatic carbocycles. The molecule has 1 amide bonds. The van der Waals surface area contributed by atoms with E-state index in [1.807, 2.05) is 0 Å². The molecule has 0 radical (unpaired) electrons. The lowest BCUT2D eigenvalue weighted by Gasteiger charge is -2.21. The summed E-state index contributed by atoms with van der Waals surface area (Å²) in [4.78, 5) is 11.3. The van der Waals surface area contributed by atoms with Crippen molar-refractivity contribution >= 4 is 6.41 Å². The van der Waals surface area contributed by atoms with Crippen molar-refractivity contribution in [3.63, 3.8) is 0 Å². The van der Waals surface area contributed by atoms with Crippen molar-refractivity contribution in [3.8, 4) is 0 Å². The summed E-state index contributed by atoms with van der Waals surface area (Å²) in [5.41, 5.74) is 0.395. The molecular formula is C10H15F2N3O. The number of aryl methyl sites for hydroxylation is 2. The molecular weight excluding hydrogens is 216 g/mol. The number of likely N-dealkylation sites (N-methyl/N-ethyl adjacent to an activating group) is 1. The SMILES string of the molecule is CCn1nc(C)cc1C(F)(F)CN(C)C=O. The third-order valence-electron chi connectivity index (χ3n) is 2.20. The van der Waals surface area contributed by atoms with Gasteiger partial charge in [0.05, 0.1) is 12.2 Å². The van der Waals surface area contributed by atoms with E-state index in [1.54, 1.807) is 13.8 Å². The van der Waals surface area contributed by atoms with E-state index in [-0.39, 0.29) is 5.69 Å². The molecule has 16 heavy (non-hydrogen) atoms. The van der Waals surface area contributed by atoms with Gasteiger partial charge >= 0.3 is 5.92 Å². The number of aromatic nitrogens is 2. The van der Waals surface area contributed by atoms with Crippen LogP contribution in [0, 0.1) is 6.92 Å². The number of carbonyl (C=O) groups is 1. The molecule has 0 saturated heterocycles. The van der Waals surface area contributed by atoms with Gasteiger partial charge < -0.3 is 4.90 Å². The first-order valence-corrected chi connectivity index (χ1v) is 4.99. The zero-order chi connectivity index (χ0) is 12.3. The molecule has 0 aliphatic heterocycles. The van der Waals surface area contributed by atoms with Gasteiger partial charge in [0.15, 0.2) is 0 Å². The lowest BCUT2D eigenvalue weighted by atomic mass is 10.2. The van der Waals surface area contributed by atoms with Gasteiger partial charge in [0.25, 0.3) is 0 Å². The third kappa shape index (κ3) is 2.56. The quantitative estimate of drug-likeness (QED) is 0.718. The van der Waals surface area contributed by atoms with Crippen LogP contribution in [0.1, 0.15) is 18.3 Å². The summed E-state index contributed by atoms with van der Waals surface area (Å²) in [5, 5.41) is 3.96. The molecule has 0 unspecified atom stereocenters. The Morgan fingerprint density at radius 3 is 2.75 bits per heavy atom. The maximum absolute atomic E-state index is 13.8. The molecule has 1 rings (SSSR count). The number of halogens is 2. The Labute approximate surface area is 92.8 Å². The van der Waals surface area contributed by atoms with E-state index < -0.39 is 12.5 Å². The van der Waals surface area contributed by atoms with Crippen molar-refractivity contribution in [2.24, 2.45) is 0 Å². The summed E-state index contributed by atoms with van der Waals surface area (Å²) >= 11 is 0. The van der Waals surface area contributed by atoms with Crippen LogP contribution < -0.4 is 0 Å². The summed E-state index contributed by atoms with van der Waals surface area (Å²) in [6, 6.07) is 1.35. The van der Waals surface area contributed by atoms with Crippen molar-refractivity contribution in [2.45, 2.75) is 26.3 Å².